The third-order valence-corrected chi connectivity index (χ3v) is 2.59. The molecule has 15 heavy (non-hydrogen) atoms. The average Bonchev–Trinajstić information content (AvgIpc) is 2.18. The summed E-state index contributed by atoms with van der Waals surface area (Å²) in [5.74, 6) is 0.411. The van der Waals surface area contributed by atoms with E-state index in [-0.39, 0.29) is 0 Å². The van der Waals surface area contributed by atoms with Gasteiger partial charge in [0.1, 0.15) is 5.78 Å². The minimum Gasteiger partial charge on any atom is -0.299 e. The monoisotopic (exact) mass is 210 g/mol. The van der Waals surface area contributed by atoms with Crippen molar-refractivity contribution in [1.82, 2.24) is 0 Å². The third-order valence-electron chi connectivity index (χ3n) is 2.59. The van der Waals surface area contributed by atoms with Crippen molar-refractivity contribution in [2.75, 3.05) is 0 Å². The molecule has 88 valence electrons. The van der Waals surface area contributed by atoms with Crippen LogP contribution in [-0.4, -0.2) is 5.78 Å². The van der Waals surface area contributed by atoms with Crippen LogP contribution in [0.25, 0.3) is 0 Å². The highest BCUT2D eigenvalue weighted by molar-refractivity contribution is 5.80. The van der Waals surface area contributed by atoms with E-state index in [1.807, 2.05) is 0 Å². The molecule has 0 aromatic rings. The molecule has 0 fully saturated rings. The van der Waals surface area contributed by atoms with E-state index in [0.717, 1.165) is 19.3 Å². The van der Waals surface area contributed by atoms with E-state index >= 15 is 0 Å². The molecule has 0 amide bonds. The molecule has 0 spiro atoms. The number of ketones is 1. The van der Waals surface area contributed by atoms with Gasteiger partial charge in [-0.05, 0) is 19.8 Å². The van der Waals surface area contributed by atoms with Gasteiger partial charge in [0.15, 0.2) is 0 Å². The van der Waals surface area contributed by atoms with E-state index in [4.69, 9.17) is 0 Å². The highest BCUT2D eigenvalue weighted by atomic mass is 16.1. The first-order valence-corrected chi connectivity index (χ1v) is 6.38. The summed E-state index contributed by atoms with van der Waals surface area (Å²) < 4.78 is 0. The van der Waals surface area contributed by atoms with Gasteiger partial charge in [0.25, 0.3) is 0 Å². The van der Waals surface area contributed by atoms with E-state index < -0.39 is 0 Å². The highest BCUT2D eigenvalue weighted by Crippen LogP contribution is 2.09. The molecule has 0 atom stereocenters. The first kappa shape index (κ1) is 14.4. The molecule has 0 saturated heterocycles. The minimum absolute atomic E-state index is 0.411. The first-order chi connectivity index (χ1) is 7.20. The van der Waals surface area contributed by atoms with Gasteiger partial charge in [-0.25, -0.2) is 0 Å². The number of hydrogen-bond acceptors (Lipinski definition) is 1. The van der Waals surface area contributed by atoms with Gasteiger partial charge >= 0.3 is 0 Å². The molecule has 0 aromatic heterocycles. The predicted molar refractivity (Wildman–Crippen MR) is 67.0 cm³/mol. The molecule has 1 heteroatoms. The first-order valence-electron chi connectivity index (χ1n) is 6.38. The standard InChI is InChI=1S/C14H26O/c1-4-6-8-10-13(3)12-14(15)11-9-7-5-2/h10H,4-9,11-12H2,1-3H3/b13-10-. The van der Waals surface area contributed by atoms with Crippen LogP contribution in [0, 0.1) is 0 Å². The fraction of sp³-hybridized carbons (Fsp3) is 0.786. The fourth-order valence-corrected chi connectivity index (χ4v) is 1.60. The van der Waals surface area contributed by atoms with Crippen molar-refractivity contribution in [3.8, 4) is 0 Å². The number of hydrogen-bond donors (Lipinski definition) is 0. The number of allylic oxidation sites excluding steroid dienone is 2. The van der Waals surface area contributed by atoms with Crippen molar-refractivity contribution < 1.29 is 4.79 Å². The zero-order valence-corrected chi connectivity index (χ0v) is 10.6. The van der Waals surface area contributed by atoms with Crippen LogP contribution in [-0.2, 0) is 4.79 Å². The van der Waals surface area contributed by atoms with Crippen molar-refractivity contribution >= 4 is 5.78 Å². The molecule has 0 heterocycles. The molecule has 0 aliphatic rings. The maximum absolute atomic E-state index is 11.5. The van der Waals surface area contributed by atoms with Crippen molar-refractivity contribution in [1.29, 1.82) is 0 Å². The Morgan fingerprint density at radius 1 is 1.07 bits per heavy atom. The van der Waals surface area contributed by atoms with E-state index in [1.54, 1.807) is 0 Å². The number of carbonyl (C=O) groups excluding carboxylic acids is 1. The van der Waals surface area contributed by atoms with E-state index in [1.165, 1.54) is 31.3 Å². The average molecular weight is 210 g/mol. The summed E-state index contributed by atoms with van der Waals surface area (Å²) in [5, 5.41) is 0. The topological polar surface area (TPSA) is 17.1 Å². The van der Waals surface area contributed by atoms with Crippen LogP contribution in [0.15, 0.2) is 11.6 Å². The Morgan fingerprint density at radius 3 is 2.33 bits per heavy atom. The molecular formula is C14H26O. The molecule has 1 nitrogen and oxygen atoms in total. The molecule has 0 N–H and O–H groups in total. The predicted octanol–water partition coefficient (Wildman–Crippen LogP) is 4.66. The van der Waals surface area contributed by atoms with Crippen LogP contribution in [0.2, 0.25) is 0 Å². The lowest BCUT2D eigenvalue weighted by Gasteiger charge is -2.01. The second kappa shape index (κ2) is 9.95. The number of carbonyl (C=O) groups is 1. The molecule has 0 aliphatic carbocycles. The Balaban J connectivity index is 3.60. The third kappa shape index (κ3) is 9.71. The Kier molecular flexibility index (Phi) is 9.55. The molecule has 0 rings (SSSR count). The second-order valence-electron chi connectivity index (χ2n) is 4.37. The van der Waals surface area contributed by atoms with Crippen LogP contribution in [0.3, 0.4) is 0 Å². The zero-order chi connectivity index (χ0) is 11.5. The van der Waals surface area contributed by atoms with Crippen LogP contribution in [0.1, 0.15) is 72.1 Å². The van der Waals surface area contributed by atoms with Gasteiger partial charge < -0.3 is 0 Å². The minimum atomic E-state index is 0.411. The smallest absolute Gasteiger partial charge is 0.136 e. The Morgan fingerprint density at radius 2 is 1.73 bits per heavy atom. The summed E-state index contributed by atoms with van der Waals surface area (Å²) in [4.78, 5) is 11.5. The summed E-state index contributed by atoms with van der Waals surface area (Å²) in [7, 11) is 0. The quantitative estimate of drug-likeness (QED) is 0.399. The van der Waals surface area contributed by atoms with E-state index in [2.05, 4.69) is 26.8 Å². The van der Waals surface area contributed by atoms with Crippen molar-refractivity contribution in [2.45, 2.75) is 72.1 Å². The van der Waals surface area contributed by atoms with Gasteiger partial charge in [-0.15, -0.1) is 0 Å². The molecule has 0 aliphatic heterocycles. The van der Waals surface area contributed by atoms with E-state index in [0.29, 0.717) is 12.2 Å². The molecule has 0 aromatic carbocycles. The summed E-state index contributed by atoms with van der Waals surface area (Å²) in [6.45, 7) is 6.44. The van der Waals surface area contributed by atoms with Crippen LogP contribution < -0.4 is 0 Å². The largest absolute Gasteiger partial charge is 0.299 e. The Bertz CT molecular complexity index is 192. The van der Waals surface area contributed by atoms with Gasteiger partial charge in [-0.1, -0.05) is 51.2 Å². The van der Waals surface area contributed by atoms with Gasteiger partial charge in [-0.3, -0.25) is 4.79 Å². The van der Waals surface area contributed by atoms with Crippen molar-refractivity contribution in [2.24, 2.45) is 0 Å². The van der Waals surface area contributed by atoms with E-state index in [9.17, 15) is 4.79 Å². The summed E-state index contributed by atoms with van der Waals surface area (Å²) in [5.41, 5.74) is 1.25. The van der Waals surface area contributed by atoms with Crippen LogP contribution >= 0.6 is 0 Å². The number of Topliss-reactive ketones (excluding diaryl/α,β-unsaturated/α-hetero) is 1. The molecule has 0 unspecified atom stereocenters. The zero-order valence-electron chi connectivity index (χ0n) is 10.6. The van der Waals surface area contributed by atoms with Gasteiger partial charge in [0.2, 0.25) is 0 Å². The van der Waals surface area contributed by atoms with Crippen LogP contribution in [0.4, 0.5) is 0 Å². The lowest BCUT2D eigenvalue weighted by atomic mass is 10.0. The normalized spacial score (nSPS) is 11.8. The SMILES string of the molecule is CCCC/C=C(/C)CC(=O)CCCCC. The lowest BCUT2D eigenvalue weighted by molar-refractivity contribution is -0.118. The van der Waals surface area contributed by atoms with Crippen molar-refractivity contribution in [3.05, 3.63) is 11.6 Å². The molecule has 0 saturated carbocycles. The summed E-state index contributed by atoms with van der Waals surface area (Å²) >= 11 is 0. The fourth-order valence-electron chi connectivity index (χ4n) is 1.60. The molecular weight excluding hydrogens is 184 g/mol. The highest BCUT2D eigenvalue weighted by Gasteiger charge is 2.01. The van der Waals surface area contributed by atoms with Gasteiger partial charge in [-0.2, -0.15) is 0 Å². The lowest BCUT2D eigenvalue weighted by Crippen LogP contribution is -1.98. The summed E-state index contributed by atoms with van der Waals surface area (Å²) in [6.07, 6.45) is 10.7. The maximum Gasteiger partial charge on any atom is 0.136 e. The maximum atomic E-state index is 11.5. The molecule has 0 radical (unpaired) electrons. The second-order valence-corrected chi connectivity index (χ2v) is 4.37. The summed E-state index contributed by atoms with van der Waals surface area (Å²) in [6, 6.07) is 0. The van der Waals surface area contributed by atoms with Crippen molar-refractivity contribution in [3.63, 3.8) is 0 Å². The molecule has 0 bridgehead atoms. The van der Waals surface area contributed by atoms with Gasteiger partial charge in [0, 0.05) is 12.8 Å². The number of rotatable bonds is 9. The van der Waals surface area contributed by atoms with Gasteiger partial charge in [0.05, 0.1) is 0 Å². The Hall–Kier alpha value is -0.590. The number of unbranched alkanes of at least 4 members (excludes halogenated alkanes) is 4. The van der Waals surface area contributed by atoms with Crippen LogP contribution in [0.5, 0.6) is 0 Å². The Labute approximate surface area is 95.0 Å².